The Kier molecular flexibility index (Phi) is 13.7. The molecule has 0 fully saturated rings. The lowest BCUT2D eigenvalue weighted by Crippen LogP contribution is -2.16. The molecule has 0 atom stereocenters. The van der Waals surface area contributed by atoms with Gasteiger partial charge in [-0.25, -0.2) is 0 Å². The first-order valence-corrected chi connectivity index (χ1v) is 36.1. The van der Waals surface area contributed by atoms with Gasteiger partial charge in [-0.3, -0.25) is 0 Å². The van der Waals surface area contributed by atoms with Gasteiger partial charge in [-0.1, -0.05) is 319 Å². The van der Waals surface area contributed by atoms with Gasteiger partial charge in [-0.05, 0) is 248 Å². The lowest BCUT2D eigenvalue weighted by molar-refractivity contribution is 0.663. The Labute approximate surface area is 599 Å². The fraction of sp³-hybridized carbons (Fsp3) is 0.0588. The highest BCUT2D eigenvalue weighted by molar-refractivity contribution is 6.23. The zero-order chi connectivity index (χ0) is 68.7. The van der Waals surface area contributed by atoms with E-state index in [1.807, 2.05) is 12.1 Å². The van der Waals surface area contributed by atoms with Crippen molar-refractivity contribution in [3.05, 3.63) is 374 Å². The fourth-order valence-electron chi connectivity index (χ4n) is 18.2. The number of hydrogen-bond donors (Lipinski definition) is 0. The van der Waals surface area contributed by atoms with Gasteiger partial charge < -0.3 is 4.42 Å². The van der Waals surface area contributed by atoms with Crippen molar-refractivity contribution in [1.82, 2.24) is 0 Å². The topological polar surface area (TPSA) is 13.1 Å². The number of hydrogen-bond acceptors (Lipinski definition) is 1. The van der Waals surface area contributed by atoms with Crippen molar-refractivity contribution in [2.45, 2.75) is 38.5 Å². The monoisotopic (exact) mass is 1310 g/mol. The van der Waals surface area contributed by atoms with E-state index in [4.69, 9.17) is 4.42 Å². The molecule has 0 spiro atoms. The molecular weight excluding hydrogens is 1240 g/mol. The normalized spacial score (nSPS) is 13.2. The maximum atomic E-state index is 6.17. The van der Waals surface area contributed by atoms with Crippen molar-refractivity contribution in [3.63, 3.8) is 0 Å². The van der Waals surface area contributed by atoms with E-state index < -0.39 is 0 Å². The first-order chi connectivity index (χ1) is 50.6. The van der Waals surface area contributed by atoms with Crippen LogP contribution < -0.4 is 0 Å². The first-order valence-electron chi connectivity index (χ1n) is 36.1. The molecule has 18 aromatic carbocycles. The lowest BCUT2D eigenvalue weighted by Gasteiger charge is -2.25. The van der Waals surface area contributed by atoms with E-state index >= 15 is 0 Å². The zero-order valence-corrected chi connectivity index (χ0v) is 57.9. The Morgan fingerprint density at radius 1 is 0.184 bits per heavy atom. The molecular formula is C102H70O. The Morgan fingerprint density at radius 2 is 0.485 bits per heavy atom. The molecule has 0 saturated heterocycles. The van der Waals surface area contributed by atoms with Crippen molar-refractivity contribution in [2.24, 2.45) is 0 Å². The van der Waals surface area contributed by atoms with Crippen LogP contribution in [0.15, 0.2) is 356 Å². The van der Waals surface area contributed by atoms with Gasteiger partial charge in [0.05, 0.1) is 0 Å². The number of furan rings is 1. The van der Waals surface area contributed by atoms with Gasteiger partial charge in [0.1, 0.15) is 11.2 Å². The Morgan fingerprint density at radius 3 is 0.922 bits per heavy atom. The third-order valence-corrected chi connectivity index (χ3v) is 22.8. The summed E-state index contributed by atoms with van der Waals surface area (Å²) in [5.74, 6) is 0. The van der Waals surface area contributed by atoms with E-state index in [2.05, 4.69) is 367 Å². The largest absolute Gasteiger partial charge is 0.456 e. The second-order valence-electron chi connectivity index (χ2n) is 29.3. The maximum absolute atomic E-state index is 6.17. The highest BCUT2D eigenvalue weighted by atomic mass is 16.3. The van der Waals surface area contributed by atoms with Crippen LogP contribution in [-0.4, -0.2) is 0 Å². The van der Waals surface area contributed by atoms with Gasteiger partial charge in [0.25, 0.3) is 0 Å². The molecule has 0 amide bonds. The number of benzene rings is 18. The molecule has 2 aliphatic carbocycles. The summed E-state index contributed by atoms with van der Waals surface area (Å²) in [4.78, 5) is 0. The minimum absolute atomic E-state index is 0.113. The van der Waals surface area contributed by atoms with Crippen LogP contribution in [0.4, 0.5) is 0 Å². The van der Waals surface area contributed by atoms with Crippen LogP contribution in [0.2, 0.25) is 0 Å². The van der Waals surface area contributed by atoms with E-state index in [0.29, 0.717) is 0 Å². The Bertz CT molecular complexity index is 6620. The summed E-state index contributed by atoms with van der Waals surface area (Å²) in [6.07, 6.45) is 0. The van der Waals surface area contributed by atoms with Crippen LogP contribution in [-0.2, 0) is 10.8 Å². The van der Waals surface area contributed by atoms with Gasteiger partial charge >= 0.3 is 0 Å². The molecule has 0 unspecified atom stereocenters. The van der Waals surface area contributed by atoms with E-state index in [1.165, 1.54) is 187 Å². The van der Waals surface area contributed by atoms with Gasteiger partial charge in [0.15, 0.2) is 0 Å². The quantitative estimate of drug-likeness (QED) is 0.145. The molecule has 484 valence electrons. The first kappa shape index (κ1) is 60.3. The summed E-state index contributed by atoms with van der Waals surface area (Å²) >= 11 is 0. The molecule has 103 heavy (non-hydrogen) atoms. The van der Waals surface area contributed by atoms with Gasteiger partial charge in [-0.15, -0.1) is 0 Å². The highest BCUT2D eigenvalue weighted by Gasteiger charge is 2.40. The molecule has 21 rings (SSSR count). The van der Waals surface area contributed by atoms with Crippen LogP contribution in [0, 0.1) is 0 Å². The van der Waals surface area contributed by atoms with Crippen LogP contribution in [0.1, 0.15) is 49.9 Å². The van der Waals surface area contributed by atoms with Crippen LogP contribution in [0.25, 0.3) is 187 Å². The van der Waals surface area contributed by atoms with E-state index in [-0.39, 0.29) is 10.8 Å². The molecule has 1 heteroatoms. The molecule has 1 heterocycles. The number of fused-ring (bicyclic) bond motifs is 15. The van der Waals surface area contributed by atoms with Crippen molar-refractivity contribution in [1.29, 1.82) is 0 Å². The van der Waals surface area contributed by atoms with Gasteiger partial charge in [0.2, 0.25) is 0 Å². The summed E-state index contributed by atoms with van der Waals surface area (Å²) in [6, 6.07) is 130. The second-order valence-corrected chi connectivity index (χ2v) is 29.3. The number of rotatable bonds is 7. The molecule has 0 N–H and O–H groups in total. The smallest absolute Gasteiger partial charge is 0.135 e. The molecule has 0 aliphatic heterocycles. The van der Waals surface area contributed by atoms with Crippen molar-refractivity contribution in [2.75, 3.05) is 0 Å². The third-order valence-electron chi connectivity index (χ3n) is 22.8. The molecule has 0 radical (unpaired) electrons. The Balaban J connectivity index is 0.000000142. The minimum atomic E-state index is -0.144. The molecule has 1 aromatic heterocycles. The summed E-state index contributed by atoms with van der Waals surface area (Å²) in [5, 5.41) is 17.6. The van der Waals surface area contributed by atoms with Gasteiger partial charge in [-0.2, -0.15) is 0 Å². The predicted molar refractivity (Wildman–Crippen MR) is 438 cm³/mol. The van der Waals surface area contributed by atoms with Crippen molar-refractivity contribution < 1.29 is 4.42 Å². The molecule has 0 bridgehead atoms. The second kappa shape index (κ2) is 23.5. The summed E-state index contributed by atoms with van der Waals surface area (Å²) in [6.45, 7) is 9.57. The standard InChI is InChI=1S/C57H38O.C45H32/c1-57(2)51-34-37-15-4-3-14-36(37)32-49(51)48-26-13-25-42(56(48)57)39-17-12-19-41(31-39)55-46-23-7-5-21-44(46)54(45-22-6-8-24-47(45)55)40-18-11-16-35(30-40)38-28-29-53-50(33-38)43-20-9-10-27-52(43)58-53;1-45(2)41-28-31-17-7-6-16-30(31)27-40(41)39-25-13-24-34(44(39)45)32-18-12-19-33(26-32)43-37-22-10-8-20-35(37)42(29-14-4-3-5-15-29)36-21-9-11-23-38(36)43/h3-34H,1-2H3;3-28H,1-2H3. The third kappa shape index (κ3) is 9.53. The van der Waals surface area contributed by atoms with E-state index in [0.717, 1.165) is 21.9 Å². The van der Waals surface area contributed by atoms with E-state index in [1.54, 1.807) is 0 Å². The molecule has 0 saturated carbocycles. The average Bonchev–Trinajstić information content (AvgIpc) is 1.66. The summed E-state index contributed by atoms with van der Waals surface area (Å²) in [5.41, 5.74) is 30.1. The van der Waals surface area contributed by atoms with Gasteiger partial charge in [0, 0.05) is 21.6 Å². The highest BCUT2D eigenvalue weighted by Crippen LogP contribution is 2.56. The maximum Gasteiger partial charge on any atom is 0.135 e. The Hall–Kier alpha value is -12.7. The minimum Gasteiger partial charge on any atom is -0.456 e. The van der Waals surface area contributed by atoms with Crippen LogP contribution >= 0.6 is 0 Å². The number of para-hydroxylation sites is 1. The lowest BCUT2D eigenvalue weighted by atomic mass is 9.78. The summed E-state index contributed by atoms with van der Waals surface area (Å²) in [7, 11) is 0. The fourth-order valence-corrected chi connectivity index (χ4v) is 18.2. The van der Waals surface area contributed by atoms with Crippen LogP contribution in [0.5, 0.6) is 0 Å². The van der Waals surface area contributed by atoms with Crippen molar-refractivity contribution >= 4 is 86.6 Å². The summed E-state index contributed by atoms with van der Waals surface area (Å²) < 4.78 is 6.17. The van der Waals surface area contributed by atoms with Crippen molar-refractivity contribution in [3.8, 4) is 100 Å². The predicted octanol–water partition coefficient (Wildman–Crippen LogP) is 28.5. The molecule has 2 aliphatic rings. The molecule has 19 aromatic rings. The molecule has 1 nitrogen and oxygen atoms in total. The SMILES string of the molecule is CC1(C)c2cc3ccccc3cc2-c2cccc(-c3cccc(-c4c5ccccc5c(-c5cccc(-c6ccc7oc8ccccc8c7c6)c5)c5ccccc45)c3)c21.CC1(C)c2cc3ccccc3cc2-c2cccc(-c3cccc(-c4c5ccccc5c(-c5ccccc5)c5ccccc45)c3)c21. The zero-order valence-electron chi connectivity index (χ0n) is 57.9. The van der Waals surface area contributed by atoms with Crippen LogP contribution in [0.3, 0.4) is 0 Å². The van der Waals surface area contributed by atoms with E-state index in [9.17, 15) is 0 Å². The average molecular weight is 1310 g/mol.